The van der Waals surface area contributed by atoms with E-state index in [0.717, 1.165) is 51.1 Å². The van der Waals surface area contributed by atoms with Crippen LogP contribution in [-0.4, -0.2) is 62.7 Å². The van der Waals surface area contributed by atoms with Crippen molar-refractivity contribution >= 4 is 5.91 Å². The smallest absolute Gasteiger partial charge is 0.254 e. The van der Waals surface area contributed by atoms with Crippen LogP contribution in [-0.2, 0) is 0 Å². The van der Waals surface area contributed by atoms with Crippen LogP contribution in [0.1, 0.15) is 42.6 Å². The topological polar surface area (TPSA) is 42.0 Å². The zero-order valence-corrected chi connectivity index (χ0v) is 16.3. The van der Waals surface area contributed by atoms with Gasteiger partial charge in [0.15, 0.2) is 0 Å². The molecule has 140 valence electrons. The number of ether oxygens (including phenoxy) is 2. The maximum atomic E-state index is 12.9. The molecule has 1 amide bonds. The summed E-state index contributed by atoms with van der Waals surface area (Å²) >= 11 is 0. The highest BCUT2D eigenvalue weighted by atomic mass is 16.5. The maximum Gasteiger partial charge on any atom is 0.254 e. The average molecular weight is 348 g/mol. The number of benzene rings is 1. The Morgan fingerprint density at radius 1 is 1.12 bits per heavy atom. The summed E-state index contributed by atoms with van der Waals surface area (Å²) in [6.45, 7) is 11.3. The molecule has 0 atom stereocenters. The van der Waals surface area contributed by atoms with Crippen molar-refractivity contribution in [1.82, 2.24) is 9.80 Å². The SMILES string of the molecule is CCN(CC)CC1CCN(C(=O)c2cc(OC)c(C)c(OC)c2)CC1. The first-order valence-electron chi connectivity index (χ1n) is 9.28. The predicted octanol–water partition coefficient (Wildman–Crippen LogP) is 3.21. The van der Waals surface area contributed by atoms with Crippen molar-refractivity contribution in [2.24, 2.45) is 5.92 Å². The number of hydrogen-bond donors (Lipinski definition) is 0. The van der Waals surface area contributed by atoms with E-state index in [9.17, 15) is 4.79 Å². The molecule has 0 saturated carbocycles. The van der Waals surface area contributed by atoms with E-state index in [1.807, 2.05) is 24.0 Å². The van der Waals surface area contributed by atoms with Crippen LogP contribution >= 0.6 is 0 Å². The monoisotopic (exact) mass is 348 g/mol. The third-order valence-electron chi connectivity index (χ3n) is 5.31. The van der Waals surface area contributed by atoms with Gasteiger partial charge in [-0.15, -0.1) is 0 Å². The van der Waals surface area contributed by atoms with E-state index in [1.165, 1.54) is 0 Å². The van der Waals surface area contributed by atoms with Crippen molar-refractivity contribution in [2.75, 3.05) is 46.9 Å². The molecule has 0 bridgehead atoms. The standard InChI is InChI=1S/C20H32N2O3/c1-6-21(7-2)14-16-8-10-22(11-9-16)20(23)17-12-18(24-4)15(3)19(13-17)25-5/h12-13,16H,6-11,14H2,1-5H3. The third kappa shape index (κ3) is 4.66. The molecule has 1 fully saturated rings. The van der Waals surface area contributed by atoms with Crippen molar-refractivity contribution < 1.29 is 14.3 Å². The molecule has 1 aromatic rings. The molecule has 0 aliphatic carbocycles. The second-order valence-electron chi connectivity index (χ2n) is 6.73. The van der Waals surface area contributed by atoms with Gasteiger partial charge < -0.3 is 19.3 Å². The molecule has 0 spiro atoms. The Morgan fingerprint density at radius 3 is 2.08 bits per heavy atom. The minimum atomic E-state index is 0.0675. The molecule has 0 aromatic heterocycles. The second-order valence-corrected chi connectivity index (χ2v) is 6.73. The van der Waals surface area contributed by atoms with Gasteiger partial charge in [-0.3, -0.25) is 4.79 Å². The molecule has 1 aliphatic rings. The lowest BCUT2D eigenvalue weighted by Crippen LogP contribution is -2.41. The van der Waals surface area contributed by atoms with Crippen molar-refractivity contribution in [3.05, 3.63) is 23.3 Å². The quantitative estimate of drug-likeness (QED) is 0.759. The van der Waals surface area contributed by atoms with Gasteiger partial charge in [0.2, 0.25) is 0 Å². The maximum absolute atomic E-state index is 12.9. The van der Waals surface area contributed by atoms with Crippen LogP contribution in [0.15, 0.2) is 12.1 Å². The van der Waals surface area contributed by atoms with Crippen LogP contribution in [0.2, 0.25) is 0 Å². The van der Waals surface area contributed by atoms with Gasteiger partial charge in [0.1, 0.15) is 11.5 Å². The normalized spacial score (nSPS) is 15.5. The molecule has 5 nitrogen and oxygen atoms in total. The Bertz CT molecular complexity index is 551. The summed E-state index contributed by atoms with van der Waals surface area (Å²) in [5.74, 6) is 2.14. The van der Waals surface area contributed by atoms with Gasteiger partial charge >= 0.3 is 0 Å². The molecule has 1 aromatic carbocycles. The van der Waals surface area contributed by atoms with Gasteiger partial charge in [0.25, 0.3) is 5.91 Å². The van der Waals surface area contributed by atoms with Gasteiger partial charge in [-0.25, -0.2) is 0 Å². The summed E-state index contributed by atoms with van der Waals surface area (Å²) in [5.41, 5.74) is 1.56. The van der Waals surface area contributed by atoms with E-state index in [-0.39, 0.29) is 5.91 Å². The predicted molar refractivity (Wildman–Crippen MR) is 101 cm³/mol. The van der Waals surface area contributed by atoms with Crippen molar-refractivity contribution in [3.63, 3.8) is 0 Å². The molecular formula is C20H32N2O3. The van der Waals surface area contributed by atoms with Crippen molar-refractivity contribution in [3.8, 4) is 11.5 Å². The molecule has 1 heterocycles. The first-order valence-corrected chi connectivity index (χ1v) is 9.28. The zero-order chi connectivity index (χ0) is 18.4. The summed E-state index contributed by atoms with van der Waals surface area (Å²) < 4.78 is 10.8. The molecule has 0 radical (unpaired) electrons. The summed E-state index contributed by atoms with van der Waals surface area (Å²) in [6, 6.07) is 3.64. The van der Waals surface area contributed by atoms with Gasteiger partial charge in [-0.05, 0) is 50.9 Å². The number of carbonyl (C=O) groups is 1. The van der Waals surface area contributed by atoms with Crippen LogP contribution in [0.25, 0.3) is 0 Å². The molecule has 2 rings (SSSR count). The van der Waals surface area contributed by atoms with Gasteiger partial charge in [-0.1, -0.05) is 13.8 Å². The molecule has 1 aliphatic heterocycles. The van der Waals surface area contributed by atoms with Crippen LogP contribution in [0.4, 0.5) is 0 Å². The average Bonchev–Trinajstić information content (AvgIpc) is 2.66. The lowest BCUT2D eigenvalue weighted by Gasteiger charge is -2.34. The Balaban J connectivity index is 2.03. The minimum absolute atomic E-state index is 0.0675. The molecule has 5 heteroatoms. The first-order chi connectivity index (χ1) is 12.0. The lowest BCUT2D eigenvalue weighted by molar-refractivity contribution is 0.0669. The highest BCUT2D eigenvalue weighted by Gasteiger charge is 2.25. The van der Waals surface area contributed by atoms with E-state index in [1.54, 1.807) is 14.2 Å². The number of piperidine rings is 1. The molecule has 0 unspecified atom stereocenters. The largest absolute Gasteiger partial charge is 0.496 e. The number of nitrogens with zero attached hydrogens (tertiary/aromatic N) is 2. The fourth-order valence-electron chi connectivity index (χ4n) is 3.56. The highest BCUT2D eigenvalue weighted by molar-refractivity contribution is 5.95. The zero-order valence-electron chi connectivity index (χ0n) is 16.3. The lowest BCUT2D eigenvalue weighted by atomic mass is 9.95. The summed E-state index contributed by atoms with van der Waals surface area (Å²) in [7, 11) is 3.24. The fourth-order valence-corrected chi connectivity index (χ4v) is 3.56. The van der Waals surface area contributed by atoms with Gasteiger partial charge in [-0.2, -0.15) is 0 Å². The number of rotatable bonds is 7. The summed E-state index contributed by atoms with van der Waals surface area (Å²) in [6.07, 6.45) is 2.14. The van der Waals surface area contributed by atoms with Crippen molar-refractivity contribution in [2.45, 2.75) is 33.6 Å². The molecule has 1 saturated heterocycles. The highest BCUT2D eigenvalue weighted by Crippen LogP contribution is 2.30. The number of methoxy groups -OCH3 is 2. The Labute approximate surface area is 151 Å². The number of hydrogen-bond acceptors (Lipinski definition) is 4. The fraction of sp³-hybridized carbons (Fsp3) is 0.650. The molecule has 25 heavy (non-hydrogen) atoms. The Morgan fingerprint density at radius 2 is 1.64 bits per heavy atom. The van der Waals surface area contributed by atoms with Gasteiger partial charge in [0.05, 0.1) is 14.2 Å². The van der Waals surface area contributed by atoms with Crippen LogP contribution in [0.3, 0.4) is 0 Å². The number of carbonyl (C=O) groups excluding carboxylic acids is 1. The van der Waals surface area contributed by atoms with Crippen LogP contribution < -0.4 is 9.47 Å². The van der Waals surface area contributed by atoms with Crippen LogP contribution in [0, 0.1) is 12.8 Å². The first kappa shape index (κ1) is 19.6. The minimum Gasteiger partial charge on any atom is -0.496 e. The Hall–Kier alpha value is -1.75. The second kappa shape index (κ2) is 9.09. The number of likely N-dealkylation sites (tertiary alicyclic amines) is 1. The van der Waals surface area contributed by atoms with E-state index >= 15 is 0 Å². The van der Waals surface area contributed by atoms with E-state index in [0.29, 0.717) is 23.0 Å². The van der Waals surface area contributed by atoms with E-state index in [4.69, 9.17) is 9.47 Å². The summed E-state index contributed by atoms with van der Waals surface area (Å²) in [5, 5.41) is 0. The molecule has 0 N–H and O–H groups in total. The van der Waals surface area contributed by atoms with Gasteiger partial charge in [0, 0.05) is 30.8 Å². The van der Waals surface area contributed by atoms with Crippen LogP contribution in [0.5, 0.6) is 11.5 Å². The number of amides is 1. The third-order valence-corrected chi connectivity index (χ3v) is 5.31. The van der Waals surface area contributed by atoms with E-state index < -0.39 is 0 Å². The van der Waals surface area contributed by atoms with E-state index in [2.05, 4.69) is 18.7 Å². The Kier molecular flexibility index (Phi) is 7.12. The molecular weight excluding hydrogens is 316 g/mol. The van der Waals surface area contributed by atoms with Crippen molar-refractivity contribution in [1.29, 1.82) is 0 Å². The summed E-state index contributed by atoms with van der Waals surface area (Å²) in [4.78, 5) is 17.3.